The van der Waals surface area contributed by atoms with Crippen molar-refractivity contribution in [1.29, 1.82) is 0 Å². The molecule has 0 saturated carbocycles. The van der Waals surface area contributed by atoms with E-state index in [9.17, 15) is 0 Å². The minimum atomic E-state index is 0.122. The van der Waals surface area contributed by atoms with Crippen LogP contribution in [0.2, 0.25) is 0 Å². The van der Waals surface area contributed by atoms with Gasteiger partial charge in [-0.25, -0.2) is 0 Å². The Morgan fingerprint density at radius 3 is 2.94 bits per heavy atom. The number of nitrogens with two attached hydrogens (primary N) is 1. The highest BCUT2D eigenvalue weighted by molar-refractivity contribution is 5.23. The molecular formula is C11H20N4O. The predicted octanol–water partition coefficient (Wildman–Crippen LogP) is 0.576. The standard InChI is InChI=1S/C11H20N4O/c1-11(2)9-16-8-7-14(11)5-6-15-4-3-10(12)13-15/h3-4H,5-9H2,1-2H3,(H2,12,13). The van der Waals surface area contributed by atoms with Crippen molar-refractivity contribution < 1.29 is 4.74 Å². The van der Waals surface area contributed by atoms with E-state index in [1.165, 1.54) is 0 Å². The minimum Gasteiger partial charge on any atom is -0.382 e. The van der Waals surface area contributed by atoms with Crippen molar-refractivity contribution in [2.75, 3.05) is 32.0 Å². The Bertz CT molecular complexity index is 348. The van der Waals surface area contributed by atoms with Crippen LogP contribution in [0.1, 0.15) is 13.8 Å². The van der Waals surface area contributed by atoms with Crippen LogP contribution in [0.25, 0.3) is 0 Å². The van der Waals surface area contributed by atoms with E-state index in [2.05, 4.69) is 23.8 Å². The van der Waals surface area contributed by atoms with E-state index in [0.29, 0.717) is 5.82 Å². The topological polar surface area (TPSA) is 56.3 Å². The molecule has 1 aliphatic rings. The zero-order valence-electron chi connectivity index (χ0n) is 10.0. The van der Waals surface area contributed by atoms with E-state index in [-0.39, 0.29) is 5.54 Å². The lowest BCUT2D eigenvalue weighted by atomic mass is 10.0. The summed E-state index contributed by atoms with van der Waals surface area (Å²) in [5.74, 6) is 0.584. The van der Waals surface area contributed by atoms with Crippen LogP contribution in [0.15, 0.2) is 12.3 Å². The summed E-state index contributed by atoms with van der Waals surface area (Å²) >= 11 is 0. The quantitative estimate of drug-likeness (QED) is 0.816. The van der Waals surface area contributed by atoms with Gasteiger partial charge in [-0.05, 0) is 19.9 Å². The summed E-state index contributed by atoms with van der Waals surface area (Å²) in [4.78, 5) is 2.44. The number of nitrogen functional groups attached to an aromatic ring is 1. The van der Waals surface area contributed by atoms with Gasteiger partial charge in [-0.3, -0.25) is 9.58 Å². The number of hydrogen-bond acceptors (Lipinski definition) is 4. The lowest BCUT2D eigenvalue weighted by molar-refractivity contribution is -0.0523. The van der Waals surface area contributed by atoms with Crippen LogP contribution in [-0.4, -0.2) is 46.5 Å². The van der Waals surface area contributed by atoms with Gasteiger partial charge in [0.2, 0.25) is 0 Å². The van der Waals surface area contributed by atoms with Gasteiger partial charge in [0.25, 0.3) is 0 Å². The zero-order chi connectivity index (χ0) is 11.6. The van der Waals surface area contributed by atoms with Gasteiger partial charge in [0.05, 0.1) is 19.8 Å². The lowest BCUT2D eigenvalue weighted by Crippen LogP contribution is -2.53. The fourth-order valence-corrected chi connectivity index (χ4v) is 2.03. The number of anilines is 1. The van der Waals surface area contributed by atoms with Gasteiger partial charge in [0.15, 0.2) is 0 Å². The number of rotatable bonds is 3. The smallest absolute Gasteiger partial charge is 0.145 e. The highest BCUT2D eigenvalue weighted by atomic mass is 16.5. The summed E-state index contributed by atoms with van der Waals surface area (Å²) in [5.41, 5.74) is 5.70. The first-order valence-corrected chi connectivity index (χ1v) is 5.70. The maximum absolute atomic E-state index is 5.58. The van der Waals surface area contributed by atoms with Crippen LogP contribution >= 0.6 is 0 Å². The van der Waals surface area contributed by atoms with Crippen molar-refractivity contribution in [2.24, 2.45) is 0 Å². The third kappa shape index (κ3) is 2.54. The Kier molecular flexibility index (Phi) is 3.16. The summed E-state index contributed by atoms with van der Waals surface area (Å²) in [7, 11) is 0. The molecule has 5 heteroatoms. The van der Waals surface area contributed by atoms with Crippen molar-refractivity contribution >= 4 is 5.82 Å². The van der Waals surface area contributed by atoms with Crippen LogP contribution in [0, 0.1) is 0 Å². The summed E-state index contributed by atoms with van der Waals surface area (Å²) < 4.78 is 7.38. The average molecular weight is 224 g/mol. The van der Waals surface area contributed by atoms with E-state index in [1.807, 2.05) is 16.9 Å². The minimum absolute atomic E-state index is 0.122. The van der Waals surface area contributed by atoms with Gasteiger partial charge in [-0.2, -0.15) is 5.10 Å². The van der Waals surface area contributed by atoms with Crippen LogP contribution in [0.5, 0.6) is 0 Å². The van der Waals surface area contributed by atoms with Crippen molar-refractivity contribution in [3.05, 3.63) is 12.3 Å². The molecular weight excluding hydrogens is 204 g/mol. The molecule has 0 aromatic carbocycles. The molecule has 1 aliphatic heterocycles. The van der Waals surface area contributed by atoms with E-state index < -0.39 is 0 Å². The maximum atomic E-state index is 5.58. The van der Waals surface area contributed by atoms with Gasteiger partial charge in [0.1, 0.15) is 5.82 Å². The molecule has 0 bridgehead atoms. The Hall–Kier alpha value is -1.07. The van der Waals surface area contributed by atoms with Gasteiger partial charge in [-0.15, -0.1) is 0 Å². The van der Waals surface area contributed by atoms with Gasteiger partial charge in [0, 0.05) is 24.8 Å². The second-order valence-electron chi connectivity index (χ2n) is 4.86. The largest absolute Gasteiger partial charge is 0.382 e. The molecule has 1 aromatic heterocycles. The van der Waals surface area contributed by atoms with Crippen molar-refractivity contribution in [3.63, 3.8) is 0 Å². The average Bonchev–Trinajstić information content (AvgIpc) is 2.62. The monoisotopic (exact) mass is 224 g/mol. The van der Waals surface area contributed by atoms with Crippen molar-refractivity contribution in [2.45, 2.75) is 25.9 Å². The predicted molar refractivity (Wildman–Crippen MR) is 63.1 cm³/mol. The molecule has 5 nitrogen and oxygen atoms in total. The normalized spacial score (nSPS) is 21.1. The SMILES string of the molecule is CC1(C)COCCN1CCn1ccc(N)n1. The maximum Gasteiger partial charge on any atom is 0.145 e. The molecule has 2 rings (SSSR count). The molecule has 2 N–H and O–H groups in total. The van der Waals surface area contributed by atoms with E-state index >= 15 is 0 Å². The third-order valence-electron chi connectivity index (χ3n) is 3.08. The first-order valence-electron chi connectivity index (χ1n) is 5.70. The summed E-state index contributed by atoms with van der Waals surface area (Å²) in [6.07, 6.45) is 1.92. The zero-order valence-corrected chi connectivity index (χ0v) is 10.0. The molecule has 1 fully saturated rings. The Balaban J connectivity index is 1.89. The molecule has 1 aromatic rings. The van der Waals surface area contributed by atoms with E-state index in [1.54, 1.807) is 0 Å². The van der Waals surface area contributed by atoms with Crippen LogP contribution < -0.4 is 5.73 Å². The fourth-order valence-electron chi connectivity index (χ4n) is 2.03. The van der Waals surface area contributed by atoms with E-state index in [4.69, 9.17) is 10.5 Å². The lowest BCUT2D eigenvalue weighted by Gasteiger charge is -2.42. The summed E-state index contributed by atoms with van der Waals surface area (Å²) in [6, 6.07) is 1.82. The molecule has 1 saturated heterocycles. The van der Waals surface area contributed by atoms with Gasteiger partial charge >= 0.3 is 0 Å². The molecule has 0 amide bonds. The van der Waals surface area contributed by atoms with Crippen molar-refractivity contribution in [3.8, 4) is 0 Å². The van der Waals surface area contributed by atoms with Gasteiger partial charge in [-0.1, -0.05) is 0 Å². The number of hydrogen-bond donors (Lipinski definition) is 1. The molecule has 0 aliphatic carbocycles. The molecule has 90 valence electrons. The first kappa shape index (κ1) is 11.4. The van der Waals surface area contributed by atoms with Crippen LogP contribution in [0.4, 0.5) is 5.82 Å². The van der Waals surface area contributed by atoms with Gasteiger partial charge < -0.3 is 10.5 Å². The van der Waals surface area contributed by atoms with E-state index in [0.717, 1.165) is 32.8 Å². The van der Waals surface area contributed by atoms with Crippen LogP contribution in [0.3, 0.4) is 0 Å². The molecule has 0 spiro atoms. The Morgan fingerprint density at radius 1 is 1.50 bits per heavy atom. The summed E-state index contributed by atoms with van der Waals surface area (Å²) in [6.45, 7) is 8.90. The summed E-state index contributed by atoms with van der Waals surface area (Å²) in [5, 5.41) is 4.18. The number of nitrogens with zero attached hydrogens (tertiary/aromatic N) is 3. The first-order chi connectivity index (χ1) is 7.58. The van der Waals surface area contributed by atoms with Crippen molar-refractivity contribution in [1.82, 2.24) is 14.7 Å². The van der Waals surface area contributed by atoms with Crippen LogP contribution in [-0.2, 0) is 11.3 Å². The fraction of sp³-hybridized carbons (Fsp3) is 0.727. The molecule has 0 radical (unpaired) electrons. The number of ether oxygens (including phenoxy) is 1. The highest BCUT2D eigenvalue weighted by Gasteiger charge is 2.29. The number of morpholine rings is 1. The Labute approximate surface area is 96.2 Å². The highest BCUT2D eigenvalue weighted by Crippen LogP contribution is 2.18. The molecule has 16 heavy (non-hydrogen) atoms. The second-order valence-corrected chi connectivity index (χ2v) is 4.86. The molecule has 2 heterocycles. The molecule has 0 atom stereocenters. The molecule has 0 unspecified atom stereocenters. The number of aromatic nitrogens is 2. The third-order valence-corrected chi connectivity index (χ3v) is 3.08. The Morgan fingerprint density at radius 2 is 2.31 bits per heavy atom. The second kappa shape index (κ2) is 4.43.